The van der Waals surface area contributed by atoms with Crippen molar-refractivity contribution in [1.82, 2.24) is 0 Å². The number of hydrogen-bond donors (Lipinski definition) is 2. The van der Waals surface area contributed by atoms with Gasteiger partial charge in [-0.15, -0.1) is 0 Å². The number of nitrogens with one attached hydrogen (secondary N) is 2. The van der Waals surface area contributed by atoms with Crippen LogP contribution in [0.3, 0.4) is 0 Å². The lowest BCUT2D eigenvalue weighted by molar-refractivity contribution is -0.503. The molecule has 1 aromatic rings. The molecular weight excluding hydrogens is 818 g/mol. The van der Waals surface area contributed by atoms with Gasteiger partial charge in [0.15, 0.2) is 0 Å². The predicted octanol–water partition coefficient (Wildman–Crippen LogP) is 9.94. The maximum Gasteiger partial charge on any atom is 0.458 e. The fraction of sp³-hybridized carbons (Fsp3) is 0.652. The quantitative estimate of drug-likeness (QED) is 0.181. The monoisotopic (exact) mass is 834 g/mol. The molecule has 2 amide bonds. The van der Waals surface area contributed by atoms with Crippen molar-refractivity contribution in [3.05, 3.63) is 23.8 Å². The average Bonchev–Trinajstić information content (AvgIpc) is 2.91. The number of rotatable bonds is 14. The Morgan fingerprint density at radius 1 is 0.528 bits per heavy atom. The second kappa shape index (κ2) is 15.1. The summed E-state index contributed by atoms with van der Waals surface area (Å²) in [4.78, 5) is 23.7. The molecular formula is C23H16F22N2O6. The molecule has 0 saturated heterocycles. The van der Waals surface area contributed by atoms with E-state index in [1.165, 1.54) is 0 Å². The Balaban J connectivity index is 2.87. The highest BCUT2D eigenvalue weighted by Crippen LogP contribution is 2.54. The number of alkyl halides is 22. The van der Waals surface area contributed by atoms with Gasteiger partial charge in [0.1, 0.15) is 0 Å². The van der Waals surface area contributed by atoms with E-state index in [0.29, 0.717) is 6.07 Å². The molecule has 0 saturated carbocycles. The zero-order valence-corrected chi connectivity index (χ0v) is 24.8. The number of halogens is 22. The van der Waals surface area contributed by atoms with Crippen molar-refractivity contribution in [2.45, 2.75) is 80.2 Å². The van der Waals surface area contributed by atoms with Crippen LogP contribution in [0.5, 0.6) is 0 Å². The molecule has 0 aliphatic rings. The molecule has 0 unspecified atom stereocenters. The molecule has 0 aliphatic carbocycles. The molecule has 0 spiro atoms. The first-order valence-electron chi connectivity index (χ1n) is 12.8. The van der Waals surface area contributed by atoms with Crippen LogP contribution in [0.4, 0.5) is 118 Å². The lowest BCUT2D eigenvalue weighted by Crippen LogP contribution is -2.61. The van der Waals surface area contributed by atoms with Gasteiger partial charge >= 0.3 is 72.7 Å². The Morgan fingerprint density at radius 2 is 0.849 bits per heavy atom. The first-order valence-corrected chi connectivity index (χ1v) is 12.8. The highest BCUT2D eigenvalue weighted by Gasteiger charge is 2.81. The third-order valence-electron chi connectivity index (χ3n) is 5.87. The maximum atomic E-state index is 13.8. The van der Waals surface area contributed by atoms with Crippen molar-refractivity contribution in [2.24, 2.45) is 0 Å². The molecule has 1 rings (SSSR count). The van der Waals surface area contributed by atoms with Gasteiger partial charge in [0.25, 0.3) is 0 Å². The molecule has 0 aliphatic heterocycles. The number of hydrogen-bond acceptors (Lipinski definition) is 6. The molecule has 0 bridgehead atoms. The van der Waals surface area contributed by atoms with Gasteiger partial charge in [-0.3, -0.25) is 20.1 Å². The van der Waals surface area contributed by atoms with E-state index in [4.69, 9.17) is 0 Å². The van der Waals surface area contributed by atoms with Gasteiger partial charge in [0.2, 0.25) is 0 Å². The van der Waals surface area contributed by atoms with Gasteiger partial charge in [-0.25, -0.2) is 9.59 Å². The normalized spacial score (nSPS) is 14.5. The van der Waals surface area contributed by atoms with E-state index in [1.54, 1.807) is 10.6 Å². The van der Waals surface area contributed by atoms with Crippen molar-refractivity contribution >= 4 is 23.6 Å². The molecule has 8 nitrogen and oxygen atoms in total. The molecule has 2 N–H and O–H groups in total. The maximum absolute atomic E-state index is 13.8. The van der Waals surface area contributed by atoms with Crippen LogP contribution in [-0.4, -0.2) is 85.9 Å². The van der Waals surface area contributed by atoms with Gasteiger partial charge in [0, 0.05) is 11.4 Å². The minimum absolute atomic E-state index is 0.0618. The molecule has 53 heavy (non-hydrogen) atoms. The summed E-state index contributed by atoms with van der Waals surface area (Å²) in [5.41, 5.74) is -1.16. The summed E-state index contributed by atoms with van der Waals surface area (Å²) in [5, 5.41) is 3.33. The Labute approximate surface area is 277 Å². The SMILES string of the molecule is Cc1ccc(NC(=O)OCCC(F)(F)C(F)(F)OC(F)(C(F)(F)F)C(F)(F)F)cc1NC(=O)OCCC(F)(F)C(F)(F)OC(F)(C(F)(F)F)C(F)(F)F. The first-order chi connectivity index (χ1) is 23.3. The van der Waals surface area contributed by atoms with Crippen LogP contribution < -0.4 is 10.6 Å². The van der Waals surface area contributed by atoms with E-state index >= 15 is 0 Å². The smallest absolute Gasteiger partial charge is 0.449 e. The van der Waals surface area contributed by atoms with Crippen LogP contribution in [0.15, 0.2) is 18.2 Å². The van der Waals surface area contributed by atoms with Crippen molar-refractivity contribution in [3.8, 4) is 0 Å². The van der Waals surface area contributed by atoms with E-state index < -0.39 is 110 Å². The summed E-state index contributed by atoms with van der Waals surface area (Å²) in [7, 11) is 0. The molecule has 1 aromatic carbocycles. The Kier molecular flexibility index (Phi) is 13.4. The number of amides is 2. The van der Waals surface area contributed by atoms with Gasteiger partial charge in [-0.2, -0.15) is 96.6 Å². The largest absolute Gasteiger partial charge is 0.458 e. The standard InChI is InChI=1S/C23H16F22N2O6/c1-9-2-3-10(46-12(48)50-6-4-14(24,25)22(42,43)52-16(28,18(30,31)32)19(33,34)35)8-11(9)47-13(49)51-7-5-15(26,27)23(44,45)53-17(29,20(36,37)38)21(39,40)41/h2-3,8H,4-7H2,1H3,(H,46,48)(H,47,49). The summed E-state index contributed by atoms with van der Waals surface area (Å²) in [6.45, 7) is -2.75. The topological polar surface area (TPSA) is 95.1 Å². The Morgan fingerprint density at radius 3 is 1.17 bits per heavy atom. The number of ether oxygens (including phenoxy) is 4. The van der Waals surface area contributed by atoms with Crippen molar-refractivity contribution in [2.75, 3.05) is 23.8 Å². The van der Waals surface area contributed by atoms with Crippen LogP contribution >= 0.6 is 0 Å². The lowest BCUT2D eigenvalue weighted by Gasteiger charge is -2.35. The molecule has 0 aromatic heterocycles. The molecule has 0 atom stereocenters. The van der Waals surface area contributed by atoms with Gasteiger partial charge in [-0.1, -0.05) is 6.07 Å². The molecule has 0 radical (unpaired) electrons. The Hall–Kier alpha value is -3.86. The van der Waals surface area contributed by atoms with E-state index in [9.17, 15) is 106 Å². The number of anilines is 2. The van der Waals surface area contributed by atoms with E-state index in [0.717, 1.165) is 19.1 Å². The van der Waals surface area contributed by atoms with Gasteiger partial charge < -0.3 is 9.47 Å². The van der Waals surface area contributed by atoms with Crippen molar-refractivity contribution < 1.29 is 125 Å². The number of benzene rings is 1. The zero-order chi connectivity index (χ0) is 42.1. The highest BCUT2D eigenvalue weighted by atomic mass is 19.4. The summed E-state index contributed by atoms with van der Waals surface area (Å²) in [5.74, 6) is -26.7. The summed E-state index contributed by atoms with van der Waals surface area (Å²) in [6.07, 6.45) is -52.0. The molecule has 0 heterocycles. The summed E-state index contributed by atoms with van der Waals surface area (Å²) in [6, 6.07) is 2.50. The van der Waals surface area contributed by atoms with Crippen LogP contribution in [0.1, 0.15) is 18.4 Å². The fourth-order valence-corrected chi connectivity index (χ4v) is 3.02. The zero-order valence-electron chi connectivity index (χ0n) is 24.8. The van der Waals surface area contributed by atoms with E-state index in [2.05, 4.69) is 9.47 Å². The first kappa shape index (κ1) is 47.2. The fourth-order valence-electron chi connectivity index (χ4n) is 3.02. The van der Waals surface area contributed by atoms with Crippen molar-refractivity contribution in [3.63, 3.8) is 0 Å². The van der Waals surface area contributed by atoms with Crippen LogP contribution in [0, 0.1) is 6.92 Å². The van der Waals surface area contributed by atoms with Crippen molar-refractivity contribution in [1.29, 1.82) is 0 Å². The molecule has 30 heteroatoms. The second-order valence-corrected chi connectivity index (χ2v) is 9.88. The molecule has 308 valence electrons. The third kappa shape index (κ3) is 10.9. The summed E-state index contributed by atoms with van der Waals surface area (Å²) >= 11 is 0. The van der Waals surface area contributed by atoms with Crippen LogP contribution in [0.25, 0.3) is 0 Å². The van der Waals surface area contributed by atoms with Gasteiger partial charge in [-0.05, 0) is 24.6 Å². The number of carbonyl (C=O) groups excluding carboxylic acids is 2. The van der Waals surface area contributed by atoms with E-state index in [-0.39, 0.29) is 5.56 Å². The van der Waals surface area contributed by atoms with Crippen LogP contribution in [-0.2, 0) is 18.9 Å². The lowest BCUT2D eigenvalue weighted by atomic mass is 10.2. The minimum atomic E-state index is -7.34. The number of aryl methyl sites for hydroxylation is 1. The third-order valence-corrected chi connectivity index (χ3v) is 5.87. The molecule has 0 fully saturated rings. The van der Waals surface area contributed by atoms with Gasteiger partial charge in [0.05, 0.1) is 26.1 Å². The van der Waals surface area contributed by atoms with E-state index in [1.807, 2.05) is 9.47 Å². The second-order valence-electron chi connectivity index (χ2n) is 9.88. The average molecular weight is 834 g/mol. The Bertz CT molecular complexity index is 1410. The highest BCUT2D eigenvalue weighted by molar-refractivity contribution is 5.89. The number of carbonyl (C=O) groups is 2. The summed E-state index contributed by atoms with van der Waals surface area (Å²) < 4.78 is 297. The predicted molar refractivity (Wildman–Crippen MR) is 124 cm³/mol. The van der Waals surface area contributed by atoms with Crippen LogP contribution in [0.2, 0.25) is 0 Å². The minimum Gasteiger partial charge on any atom is -0.449 e.